The number of nitrogens with zero attached hydrogens (tertiary/aromatic N) is 3. The molecular weight excluding hydrogens is 280 g/mol. The Kier molecular flexibility index (Phi) is 4.68. The zero-order valence-corrected chi connectivity index (χ0v) is 12.7. The van der Waals surface area contributed by atoms with E-state index in [1.165, 1.54) is 0 Å². The largest absolute Gasteiger partial charge is 0.333 e. The first-order valence-corrected chi connectivity index (χ1v) is 7.93. The quantitative estimate of drug-likeness (QED) is 0.886. The predicted octanol–water partition coefficient (Wildman–Crippen LogP) is 0.567. The molecule has 6 nitrogen and oxygen atoms in total. The van der Waals surface area contributed by atoms with Gasteiger partial charge in [0.2, 0.25) is 11.8 Å². The van der Waals surface area contributed by atoms with Crippen LogP contribution in [0.2, 0.25) is 0 Å². The third-order valence-corrected chi connectivity index (χ3v) is 4.38. The lowest BCUT2D eigenvalue weighted by atomic mass is 10.0. The molecule has 1 aromatic rings. The maximum Gasteiger partial charge on any atom is 0.242 e. The molecule has 22 heavy (non-hydrogen) atoms. The van der Waals surface area contributed by atoms with Crippen LogP contribution in [0, 0.1) is 0 Å². The Morgan fingerprint density at radius 3 is 3.05 bits per heavy atom. The van der Waals surface area contributed by atoms with Gasteiger partial charge < -0.3 is 15.1 Å². The van der Waals surface area contributed by atoms with Crippen LogP contribution in [0.5, 0.6) is 0 Å². The van der Waals surface area contributed by atoms with Crippen LogP contribution >= 0.6 is 0 Å². The van der Waals surface area contributed by atoms with Crippen molar-refractivity contribution in [1.82, 2.24) is 20.1 Å². The molecule has 118 valence electrons. The molecule has 0 spiro atoms. The summed E-state index contributed by atoms with van der Waals surface area (Å²) in [5.41, 5.74) is 1.04. The average Bonchev–Trinajstić information content (AvgIpc) is 2.58. The smallest absolute Gasteiger partial charge is 0.242 e. The lowest BCUT2D eigenvalue weighted by Gasteiger charge is -2.38. The van der Waals surface area contributed by atoms with Crippen molar-refractivity contribution in [1.29, 1.82) is 0 Å². The molecule has 1 atom stereocenters. The summed E-state index contributed by atoms with van der Waals surface area (Å²) < 4.78 is 0. The number of nitrogens with one attached hydrogen (secondary N) is 1. The van der Waals surface area contributed by atoms with Crippen molar-refractivity contribution in [3.8, 4) is 0 Å². The molecule has 2 saturated heterocycles. The number of pyridine rings is 1. The highest BCUT2D eigenvalue weighted by atomic mass is 16.2. The number of carbonyl (C=O) groups is 2. The SMILES string of the molecule is O=C1CCCCN1CC(=O)N1CCNCC1c1cccnc1. The highest BCUT2D eigenvalue weighted by molar-refractivity contribution is 5.85. The van der Waals surface area contributed by atoms with E-state index in [4.69, 9.17) is 0 Å². The van der Waals surface area contributed by atoms with Crippen LogP contribution in [0.4, 0.5) is 0 Å². The second-order valence-electron chi connectivity index (χ2n) is 5.87. The summed E-state index contributed by atoms with van der Waals surface area (Å²) >= 11 is 0. The molecule has 2 aliphatic rings. The molecule has 0 aliphatic carbocycles. The molecule has 1 N–H and O–H groups in total. The summed E-state index contributed by atoms with van der Waals surface area (Å²) in [6.07, 6.45) is 6.05. The van der Waals surface area contributed by atoms with Gasteiger partial charge in [0, 0.05) is 45.0 Å². The van der Waals surface area contributed by atoms with E-state index >= 15 is 0 Å². The first-order chi connectivity index (χ1) is 10.8. The molecule has 2 fully saturated rings. The summed E-state index contributed by atoms with van der Waals surface area (Å²) in [5.74, 6) is 0.137. The third-order valence-electron chi connectivity index (χ3n) is 4.38. The fourth-order valence-corrected chi connectivity index (χ4v) is 3.16. The molecule has 3 rings (SSSR count). The monoisotopic (exact) mass is 302 g/mol. The minimum absolute atomic E-state index is 0.00478. The van der Waals surface area contributed by atoms with Crippen LogP contribution in [0.3, 0.4) is 0 Å². The van der Waals surface area contributed by atoms with Crippen LogP contribution < -0.4 is 5.32 Å². The van der Waals surface area contributed by atoms with Crippen molar-refractivity contribution in [2.45, 2.75) is 25.3 Å². The second-order valence-corrected chi connectivity index (χ2v) is 5.87. The third kappa shape index (κ3) is 3.27. The molecular formula is C16H22N4O2. The van der Waals surface area contributed by atoms with Gasteiger partial charge in [-0.25, -0.2) is 0 Å². The topological polar surface area (TPSA) is 65.5 Å². The highest BCUT2D eigenvalue weighted by Crippen LogP contribution is 2.22. The fraction of sp³-hybridized carbons (Fsp3) is 0.562. The van der Waals surface area contributed by atoms with Gasteiger partial charge in [0.15, 0.2) is 0 Å². The maximum absolute atomic E-state index is 12.7. The average molecular weight is 302 g/mol. The number of hydrogen-bond donors (Lipinski definition) is 1. The predicted molar refractivity (Wildman–Crippen MR) is 82.0 cm³/mol. The molecule has 2 aliphatic heterocycles. The number of hydrogen-bond acceptors (Lipinski definition) is 4. The number of aromatic nitrogens is 1. The van der Waals surface area contributed by atoms with Gasteiger partial charge in [0.1, 0.15) is 0 Å². The van der Waals surface area contributed by atoms with Crippen molar-refractivity contribution in [2.75, 3.05) is 32.7 Å². The van der Waals surface area contributed by atoms with E-state index in [0.29, 0.717) is 19.5 Å². The van der Waals surface area contributed by atoms with Crippen molar-refractivity contribution in [3.63, 3.8) is 0 Å². The van der Waals surface area contributed by atoms with Gasteiger partial charge in [-0.3, -0.25) is 14.6 Å². The molecule has 0 aromatic carbocycles. The zero-order chi connectivity index (χ0) is 15.4. The second kappa shape index (κ2) is 6.87. The van der Waals surface area contributed by atoms with Crippen LogP contribution in [-0.2, 0) is 9.59 Å². The van der Waals surface area contributed by atoms with E-state index in [1.54, 1.807) is 11.1 Å². The first kappa shape index (κ1) is 15.0. The Morgan fingerprint density at radius 1 is 1.36 bits per heavy atom. The summed E-state index contributed by atoms with van der Waals surface area (Å²) in [6, 6.07) is 3.88. The molecule has 0 radical (unpaired) electrons. The van der Waals surface area contributed by atoms with Crippen molar-refractivity contribution >= 4 is 11.8 Å². The van der Waals surface area contributed by atoms with Crippen LogP contribution in [0.1, 0.15) is 30.9 Å². The normalized spacial score (nSPS) is 22.7. The standard InChI is InChI=1S/C16H22N4O2/c21-15-5-1-2-8-19(15)12-16(22)20-9-7-18-11-14(20)13-4-3-6-17-10-13/h3-4,6,10,14,18H,1-2,5,7-9,11-12H2. The van der Waals surface area contributed by atoms with Crippen molar-refractivity contribution < 1.29 is 9.59 Å². The minimum Gasteiger partial charge on any atom is -0.333 e. The van der Waals surface area contributed by atoms with Gasteiger partial charge in [-0.1, -0.05) is 6.07 Å². The summed E-state index contributed by atoms with van der Waals surface area (Å²) in [7, 11) is 0. The number of amides is 2. The molecule has 0 saturated carbocycles. The van der Waals surface area contributed by atoms with E-state index in [1.807, 2.05) is 23.2 Å². The Hall–Kier alpha value is -1.95. The lowest BCUT2D eigenvalue weighted by molar-refractivity contribution is -0.143. The summed E-state index contributed by atoms with van der Waals surface area (Å²) in [4.78, 5) is 32.3. The number of rotatable bonds is 3. The summed E-state index contributed by atoms with van der Waals surface area (Å²) in [5, 5.41) is 3.33. The molecule has 1 aromatic heterocycles. The van der Waals surface area contributed by atoms with E-state index in [9.17, 15) is 9.59 Å². The number of piperazine rings is 1. The summed E-state index contributed by atoms with van der Waals surface area (Å²) in [6.45, 7) is 3.09. The van der Waals surface area contributed by atoms with Crippen molar-refractivity contribution in [3.05, 3.63) is 30.1 Å². The Balaban J connectivity index is 1.70. The lowest BCUT2D eigenvalue weighted by Crippen LogP contribution is -2.52. The van der Waals surface area contributed by atoms with E-state index < -0.39 is 0 Å². The number of piperidine rings is 1. The Morgan fingerprint density at radius 2 is 2.27 bits per heavy atom. The zero-order valence-electron chi connectivity index (χ0n) is 12.7. The van der Waals surface area contributed by atoms with E-state index in [2.05, 4.69) is 10.3 Å². The van der Waals surface area contributed by atoms with Gasteiger partial charge >= 0.3 is 0 Å². The van der Waals surface area contributed by atoms with Gasteiger partial charge in [0.05, 0.1) is 12.6 Å². The van der Waals surface area contributed by atoms with Gasteiger partial charge in [0.25, 0.3) is 0 Å². The molecule has 0 bridgehead atoms. The maximum atomic E-state index is 12.7. The van der Waals surface area contributed by atoms with Gasteiger partial charge in [-0.05, 0) is 24.5 Å². The number of carbonyl (C=O) groups excluding carboxylic acids is 2. The minimum atomic E-state index is -0.00478. The molecule has 1 unspecified atom stereocenters. The molecule has 6 heteroatoms. The Labute approximate surface area is 130 Å². The van der Waals surface area contributed by atoms with Crippen LogP contribution in [-0.4, -0.2) is 59.3 Å². The van der Waals surface area contributed by atoms with E-state index in [0.717, 1.165) is 31.5 Å². The van der Waals surface area contributed by atoms with Crippen molar-refractivity contribution in [2.24, 2.45) is 0 Å². The van der Waals surface area contributed by atoms with Gasteiger partial charge in [-0.15, -0.1) is 0 Å². The van der Waals surface area contributed by atoms with E-state index in [-0.39, 0.29) is 24.4 Å². The molecule has 2 amide bonds. The Bertz CT molecular complexity index is 534. The molecule has 3 heterocycles. The highest BCUT2D eigenvalue weighted by Gasteiger charge is 2.30. The van der Waals surface area contributed by atoms with Crippen LogP contribution in [0.25, 0.3) is 0 Å². The fourth-order valence-electron chi connectivity index (χ4n) is 3.16. The first-order valence-electron chi connectivity index (χ1n) is 7.93. The number of likely N-dealkylation sites (tertiary alicyclic amines) is 1. The van der Waals surface area contributed by atoms with Crippen LogP contribution in [0.15, 0.2) is 24.5 Å². The van der Waals surface area contributed by atoms with Gasteiger partial charge in [-0.2, -0.15) is 0 Å².